The van der Waals surface area contributed by atoms with Gasteiger partial charge in [-0.1, -0.05) is 13.0 Å². The molecule has 0 saturated carbocycles. The molecule has 11 heteroatoms. The third-order valence-corrected chi connectivity index (χ3v) is 6.52. The summed E-state index contributed by atoms with van der Waals surface area (Å²) in [6, 6.07) is 11.2. The van der Waals surface area contributed by atoms with Crippen LogP contribution in [0.1, 0.15) is 41.6 Å². The first kappa shape index (κ1) is 24.1. The Morgan fingerprint density at radius 2 is 2.11 bits per heavy atom. The largest absolute Gasteiger partial charge is 0.348 e. The number of nitrogens with one attached hydrogen (secondary N) is 2. The maximum Gasteiger partial charge on any atom is 0.203 e. The SMILES string of the molecule is Cc1cc(Nc2cc(C)c(C#N)c(N3CC(F)(C(=O)C[C@@H](C)c4ccc(-n5cccn5)nc4)C3)n2)n[nH]1. The van der Waals surface area contributed by atoms with Crippen LogP contribution in [-0.4, -0.2) is 54.5 Å². The molecule has 1 saturated heterocycles. The summed E-state index contributed by atoms with van der Waals surface area (Å²) in [4.78, 5) is 23.5. The molecule has 0 radical (unpaired) electrons. The maximum atomic E-state index is 15.6. The van der Waals surface area contributed by atoms with Gasteiger partial charge in [-0.15, -0.1) is 0 Å². The zero-order valence-corrected chi connectivity index (χ0v) is 20.7. The molecule has 0 aromatic carbocycles. The van der Waals surface area contributed by atoms with Crippen LogP contribution >= 0.6 is 0 Å². The highest BCUT2D eigenvalue weighted by atomic mass is 19.1. The van der Waals surface area contributed by atoms with E-state index in [1.165, 1.54) is 0 Å². The second-order valence-electron chi connectivity index (χ2n) is 9.45. The van der Waals surface area contributed by atoms with E-state index >= 15 is 4.39 Å². The number of carbonyl (C=O) groups excluding carboxylic acids is 1. The fraction of sp³-hybridized carbons (Fsp3) is 0.308. The van der Waals surface area contributed by atoms with E-state index in [9.17, 15) is 10.1 Å². The van der Waals surface area contributed by atoms with Gasteiger partial charge < -0.3 is 10.2 Å². The number of aromatic nitrogens is 6. The number of nitrogens with zero attached hydrogens (tertiary/aromatic N) is 7. The molecule has 1 atom stereocenters. The third-order valence-electron chi connectivity index (χ3n) is 6.52. The summed E-state index contributed by atoms with van der Waals surface area (Å²) in [5, 5.41) is 23.9. The van der Waals surface area contributed by atoms with E-state index in [0.717, 1.165) is 11.3 Å². The van der Waals surface area contributed by atoms with Crippen LogP contribution in [0.25, 0.3) is 5.82 Å². The zero-order chi connectivity index (χ0) is 26.2. The summed E-state index contributed by atoms with van der Waals surface area (Å²) >= 11 is 0. The Bertz CT molecular complexity index is 1460. The topological polar surface area (TPSA) is 128 Å². The first-order valence-electron chi connectivity index (χ1n) is 11.9. The van der Waals surface area contributed by atoms with Crippen molar-refractivity contribution in [1.29, 1.82) is 5.26 Å². The monoisotopic (exact) mass is 499 g/mol. The number of rotatable bonds is 8. The minimum atomic E-state index is -2.00. The molecule has 1 aliphatic rings. The van der Waals surface area contributed by atoms with Crippen LogP contribution in [0.3, 0.4) is 0 Å². The Hall–Kier alpha value is -4.59. The van der Waals surface area contributed by atoms with Gasteiger partial charge in [-0.2, -0.15) is 15.5 Å². The average Bonchev–Trinajstić information content (AvgIpc) is 3.54. The van der Waals surface area contributed by atoms with E-state index in [4.69, 9.17) is 0 Å². The van der Waals surface area contributed by atoms with E-state index in [0.29, 0.717) is 34.4 Å². The normalized spacial score (nSPS) is 15.1. The molecule has 5 rings (SSSR count). The molecule has 4 aromatic heterocycles. The number of alkyl halides is 1. The predicted octanol–water partition coefficient (Wildman–Crippen LogP) is 3.91. The van der Waals surface area contributed by atoms with Crippen LogP contribution in [0, 0.1) is 25.2 Å². The van der Waals surface area contributed by atoms with Gasteiger partial charge in [-0.25, -0.2) is 19.0 Å². The third kappa shape index (κ3) is 4.78. The van der Waals surface area contributed by atoms with E-state index < -0.39 is 11.5 Å². The highest BCUT2D eigenvalue weighted by Crippen LogP contribution is 2.36. The van der Waals surface area contributed by atoms with Gasteiger partial charge in [0.15, 0.2) is 17.4 Å². The standard InChI is InChI=1S/C26H26FN9O/c1-16(19-5-6-24(29-13-19)36-8-4-7-30-36)9-21(37)26(27)14-35(15-26)25-20(12-28)17(2)10-22(32-25)31-23-11-18(3)33-34-23/h4-8,10-11,13,16H,9,14-15H2,1-3H3,(H2,31,32,33,34)/t16-/m1/s1. The fourth-order valence-corrected chi connectivity index (χ4v) is 4.39. The Morgan fingerprint density at radius 1 is 1.30 bits per heavy atom. The molecule has 0 spiro atoms. The van der Waals surface area contributed by atoms with Gasteiger partial charge in [-0.3, -0.25) is 9.89 Å². The number of halogens is 1. The number of Topliss-reactive ketones (excluding diaryl/α,β-unsaturated/α-hetero) is 1. The molecule has 37 heavy (non-hydrogen) atoms. The summed E-state index contributed by atoms with van der Waals surface area (Å²) < 4.78 is 17.2. The van der Waals surface area contributed by atoms with Crippen molar-refractivity contribution in [3.63, 3.8) is 0 Å². The lowest BCUT2D eigenvalue weighted by molar-refractivity contribution is -0.132. The number of hydrogen-bond donors (Lipinski definition) is 2. The fourth-order valence-electron chi connectivity index (χ4n) is 4.39. The van der Waals surface area contributed by atoms with Crippen LogP contribution in [0.4, 0.5) is 21.8 Å². The minimum Gasteiger partial charge on any atom is -0.348 e. The number of anilines is 3. The minimum absolute atomic E-state index is 0.0464. The van der Waals surface area contributed by atoms with Crippen molar-refractivity contribution in [3.05, 3.63) is 71.3 Å². The molecule has 10 nitrogen and oxygen atoms in total. The number of aryl methyl sites for hydroxylation is 2. The highest BCUT2D eigenvalue weighted by Gasteiger charge is 2.51. The van der Waals surface area contributed by atoms with Crippen molar-refractivity contribution in [2.75, 3.05) is 23.3 Å². The van der Waals surface area contributed by atoms with E-state index in [2.05, 4.69) is 36.7 Å². The Balaban J connectivity index is 1.26. The number of nitriles is 1. The second kappa shape index (κ2) is 9.46. The summed E-state index contributed by atoms with van der Waals surface area (Å²) in [6.07, 6.45) is 5.20. The average molecular weight is 500 g/mol. The molecule has 0 unspecified atom stereocenters. The molecule has 0 amide bonds. The number of ketones is 1. The molecular formula is C26H26FN9O. The number of hydrogen-bond acceptors (Lipinski definition) is 8. The molecule has 0 aliphatic carbocycles. The van der Waals surface area contributed by atoms with Crippen molar-refractivity contribution in [2.45, 2.75) is 38.8 Å². The molecule has 5 heterocycles. The molecule has 188 valence electrons. The molecular weight excluding hydrogens is 473 g/mol. The predicted molar refractivity (Wildman–Crippen MR) is 136 cm³/mol. The van der Waals surface area contributed by atoms with Gasteiger partial charge in [0, 0.05) is 36.8 Å². The van der Waals surface area contributed by atoms with Crippen molar-refractivity contribution >= 4 is 23.2 Å². The van der Waals surface area contributed by atoms with Crippen LogP contribution in [0.15, 0.2) is 48.9 Å². The number of H-pyrrole nitrogens is 1. The molecule has 0 bridgehead atoms. The summed E-state index contributed by atoms with van der Waals surface area (Å²) in [5.41, 5.74) is 0.789. The Labute approximate surface area is 213 Å². The number of aromatic amines is 1. The van der Waals surface area contributed by atoms with E-state index in [1.807, 2.05) is 38.1 Å². The van der Waals surface area contributed by atoms with Crippen LogP contribution in [0.5, 0.6) is 0 Å². The summed E-state index contributed by atoms with van der Waals surface area (Å²) in [5.74, 6) is 1.42. The maximum absolute atomic E-state index is 15.6. The lowest BCUT2D eigenvalue weighted by Crippen LogP contribution is -2.64. The van der Waals surface area contributed by atoms with Crippen molar-refractivity contribution in [2.24, 2.45) is 0 Å². The summed E-state index contributed by atoms with van der Waals surface area (Å²) in [7, 11) is 0. The number of carbonyl (C=O) groups is 1. The number of pyridine rings is 2. The van der Waals surface area contributed by atoms with Gasteiger partial charge >= 0.3 is 0 Å². The van der Waals surface area contributed by atoms with Gasteiger partial charge in [0.05, 0.1) is 18.7 Å². The summed E-state index contributed by atoms with van der Waals surface area (Å²) in [6.45, 7) is 5.26. The smallest absolute Gasteiger partial charge is 0.203 e. The van der Waals surface area contributed by atoms with Crippen molar-refractivity contribution in [3.8, 4) is 11.9 Å². The zero-order valence-electron chi connectivity index (χ0n) is 20.7. The van der Waals surface area contributed by atoms with Gasteiger partial charge in [0.2, 0.25) is 5.67 Å². The molecule has 2 N–H and O–H groups in total. The lowest BCUT2D eigenvalue weighted by Gasteiger charge is -2.44. The van der Waals surface area contributed by atoms with Gasteiger partial charge in [0.1, 0.15) is 17.7 Å². The first-order valence-corrected chi connectivity index (χ1v) is 11.9. The van der Waals surface area contributed by atoms with E-state index in [1.54, 1.807) is 41.2 Å². The lowest BCUT2D eigenvalue weighted by atomic mass is 9.84. The van der Waals surface area contributed by atoms with E-state index in [-0.39, 0.29) is 25.4 Å². The molecule has 1 fully saturated rings. The molecule has 4 aromatic rings. The Kier molecular flexibility index (Phi) is 6.17. The van der Waals surface area contributed by atoms with Crippen molar-refractivity contribution < 1.29 is 9.18 Å². The quantitative estimate of drug-likeness (QED) is 0.373. The Morgan fingerprint density at radius 3 is 2.73 bits per heavy atom. The van der Waals surface area contributed by atoms with Crippen LogP contribution < -0.4 is 10.2 Å². The first-order chi connectivity index (χ1) is 17.8. The second-order valence-corrected chi connectivity index (χ2v) is 9.45. The molecule has 1 aliphatic heterocycles. The van der Waals surface area contributed by atoms with Gasteiger partial charge in [-0.05, 0) is 49.1 Å². The van der Waals surface area contributed by atoms with Crippen LogP contribution in [0.2, 0.25) is 0 Å². The van der Waals surface area contributed by atoms with Crippen molar-refractivity contribution in [1.82, 2.24) is 29.9 Å². The van der Waals surface area contributed by atoms with Crippen LogP contribution in [-0.2, 0) is 4.79 Å². The van der Waals surface area contributed by atoms with Gasteiger partial charge in [0.25, 0.3) is 0 Å². The highest BCUT2D eigenvalue weighted by molar-refractivity contribution is 5.91.